The smallest absolute Gasteiger partial charge is 0.308 e. The van der Waals surface area contributed by atoms with Crippen LogP contribution in [0.4, 0.5) is 0 Å². The molecule has 1 heterocycles. The van der Waals surface area contributed by atoms with E-state index in [0.717, 1.165) is 0 Å². The minimum absolute atomic E-state index is 0.232. The average Bonchev–Trinajstić information content (AvgIpc) is 2.68. The fourth-order valence-electron chi connectivity index (χ4n) is 2.38. The van der Waals surface area contributed by atoms with Crippen LogP contribution in [-0.2, 0) is 42.9 Å². The molecule has 1 fully saturated rings. The molecule has 0 aromatic carbocycles. The molecule has 0 bridgehead atoms. The van der Waals surface area contributed by atoms with Crippen LogP contribution in [0.25, 0.3) is 0 Å². The van der Waals surface area contributed by atoms with Gasteiger partial charge in [0, 0.05) is 0 Å². The molecule has 0 unspecified atom stereocenters. The number of hydrogen-bond donors (Lipinski definition) is 0. The third kappa shape index (κ3) is 8.12. The lowest BCUT2D eigenvalue weighted by Crippen LogP contribution is -2.58. The lowest BCUT2D eigenvalue weighted by molar-refractivity contribution is -0.223. The average molecular weight is 444 g/mol. The Morgan fingerprint density at radius 1 is 0.677 bits per heavy atom. The Hall–Kier alpha value is -2.16. The largest absolute Gasteiger partial charge is 0.463 e. The van der Waals surface area contributed by atoms with Gasteiger partial charge in [0.05, 0.1) is 23.7 Å². The van der Waals surface area contributed by atoms with Crippen molar-refractivity contribution in [2.75, 3.05) is 6.61 Å². The van der Waals surface area contributed by atoms with Crippen LogP contribution in [0.15, 0.2) is 0 Å². The third-order valence-corrected chi connectivity index (χ3v) is 4.43. The molecule has 31 heavy (non-hydrogen) atoms. The van der Waals surface area contributed by atoms with Crippen molar-refractivity contribution in [3.63, 3.8) is 0 Å². The summed E-state index contributed by atoms with van der Waals surface area (Å²) >= 11 is 0. The highest BCUT2D eigenvalue weighted by Gasteiger charge is 2.48. The number of hydrogen-bond acceptors (Lipinski definition) is 9. The summed E-state index contributed by atoms with van der Waals surface area (Å²) in [4.78, 5) is 48.8. The fourth-order valence-corrected chi connectivity index (χ4v) is 2.38. The SMILES string of the molecule is CC(C)C(=O)OC[C@H]1O[CH][C@H](OC(=O)C(C)C)[C@@H](OC(=O)C(C)C)[C@@H]1OC(=O)C(C)C. The molecule has 1 aliphatic rings. The van der Waals surface area contributed by atoms with E-state index in [1.165, 1.54) is 6.61 Å². The van der Waals surface area contributed by atoms with Gasteiger partial charge in [0.1, 0.15) is 19.3 Å². The Balaban J connectivity index is 3.20. The van der Waals surface area contributed by atoms with Gasteiger partial charge in [-0.2, -0.15) is 0 Å². The van der Waals surface area contributed by atoms with Crippen molar-refractivity contribution < 1.29 is 42.9 Å². The summed E-state index contributed by atoms with van der Waals surface area (Å²) < 4.78 is 27.5. The van der Waals surface area contributed by atoms with Crippen LogP contribution in [0, 0.1) is 30.3 Å². The Kier molecular flexibility index (Phi) is 10.4. The predicted molar refractivity (Wildman–Crippen MR) is 109 cm³/mol. The van der Waals surface area contributed by atoms with Crippen LogP contribution in [0.1, 0.15) is 55.4 Å². The van der Waals surface area contributed by atoms with Crippen molar-refractivity contribution in [2.45, 2.75) is 79.8 Å². The molecule has 0 amide bonds. The number of ether oxygens (including phenoxy) is 5. The van der Waals surface area contributed by atoms with E-state index in [4.69, 9.17) is 23.7 Å². The molecule has 0 aliphatic carbocycles. The standard InChI is InChI=1S/C22H35O9/c1-11(2)19(23)28-9-15-17(30-21(25)13(5)6)18(31-22(26)14(7)8)16(10-27-15)29-20(24)12(3)4/h10-18H,9H2,1-8H3/t15-,16+,17-,18-/m1/s1. The molecule has 0 spiro atoms. The molecule has 1 aliphatic heterocycles. The molecule has 9 heteroatoms. The lowest BCUT2D eigenvalue weighted by Gasteiger charge is -2.40. The minimum atomic E-state index is -1.16. The first-order valence-corrected chi connectivity index (χ1v) is 10.6. The fraction of sp³-hybridized carbons (Fsp3) is 0.773. The van der Waals surface area contributed by atoms with E-state index in [0.29, 0.717) is 0 Å². The topological polar surface area (TPSA) is 114 Å². The van der Waals surface area contributed by atoms with E-state index >= 15 is 0 Å². The first-order valence-electron chi connectivity index (χ1n) is 10.6. The Bertz CT molecular complexity index is 639. The maximum atomic E-state index is 12.4. The van der Waals surface area contributed by atoms with E-state index in [-0.39, 0.29) is 12.5 Å². The molecule has 0 aromatic rings. The summed E-state index contributed by atoms with van der Waals surface area (Å²) in [7, 11) is 0. The molecule has 1 saturated heterocycles. The third-order valence-electron chi connectivity index (χ3n) is 4.43. The Morgan fingerprint density at radius 3 is 1.55 bits per heavy atom. The zero-order valence-electron chi connectivity index (χ0n) is 19.6. The van der Waals surface area contributed by atoms with Crippen molar-refractivity contribution in [3.05, 3.63) is 6.61 Å². The minimum Gasteiger partial charge on any atom is -0.463 e. The highest BCUT2D eigenvalue weighted by atomic mass is 16.7. The summed E-state index contributed by atoms with van der Waals surface area (Å²) in [6.07, 6.45) is -4.34. The molecule has 0 saturated carbocycles. The van der Waals surface area contributed by atoms with Gasteiger partial charge in [0.15, 0.2) is 18.3 Å². The van der Waals surface area contributed by atoms with Gasteiger partial charge in [-0.05, 0) is 0 Å². The molecule has 9 nitrogen and oxygen atoms in total. The molecular formula is C22H35O9. The summed E-state index contributed by atoms with van der Waals surface area (Å²) in [6.45, 7) is 14.3. The second-order valence-electron chi connectivity index (χ2n) is 8.76. The van der Waals surface area contributed by atoms with Gasteiger partial charge in [-0.15, -0.1) is 0 Å². The van der Waals surface area contributed by atoms with Crippen LogP contribution < -0.4 is 0 Å². The number of carbonyl (C=O) groups is 4. The monoisotopic (exact) mass is 443 g/mol. The number of rotatable bonds is 9. The highest BCUT2D eigenvalue weighted by molar-refractivity contribution is 5.74. The first kappa shape index (κ1) is 26.9. The van der Waals surface area contributed by atoms with Gasteiger partial charge < -0.3 is 23.7 Å². The van der Waals surface area contributed by atoms with E-state index < -0.39 is 66.0 Å². The van der Waals surface area contributed by atoms with Crippen LogP contribution in [0.5, 0.6) is 0 Å². The van der Waals surface area contributed by atoms with E-state index in [1.54, 1.807) is 55.4 Å². The van der Waals surface area contributed by atoms with Crippen LogP contribution in [0.2, 0.25) is 0 Å². The van der Waals surface area contributed by atoms with Crippen molar-refractivity contribution in [2.24, 2.45) is 23.7 Å². The van der Waals surface area contributed by atoms with Gasteiger partial charge in [-0.3, -0.25) is 19.2 Å². The Morgan fingerprint density at radius 2 is 1.10 bits per heavy atom. The van der Waals surface area contributed by atoms with Gasteiger partial charge in [-0.25, -0.2) is 0 Å². The summed E-state index contributed by atoms with van der Waals surface area (Å²) in [5.41, 5.74) is 0. The molecule has 0 aromatic heterocycles. The second kappa shape index (κ2) is 12.0. The first-order chi connectivity index (χ1) is 14.3. The van der Waals surface area contributed by atoms with Crippen LogP contribution >= 0.6 is 0 Å². The van der Waals surface area contributed by atoms with Gasteiger partial charge >= 0.3 is 23.9 Å². The van der Waals surface area contributed by atoms with Crippen LogP contribution in [-0.4, -0.2) is 54.9 Å². The molecule has 1 radical (unpaired) electrons. The maximum absolute atomic E-state index is 12.4. The molecule has 177 valence electrons. The van der Waals surface area contributed by atoms with E-state index in [1.807, 2.05) is 0 Å². The predicted octanol–water partition coefficient (Wildman–Crippen LogP) is 2.45. The maximum Gasteiger partial charge on any atom is 0.308 e. The Labute approximate surface area is 184 Å². The molecular weight excluding hydrogens is 408 g/mol. The summed E-state index contributed by atoms with van der Waals surface area (Å²) in [5, 5.41) is 0. The zero-order chi connectivity index (χ0) is 23.9. The molecule has 1 rings (SSSR count). The number of esters is 4. The summed E-state index contributed by atoms with van der Waals surface area (Å²) in [5.74, 6) is -3.85. The van der Waals surface area contributed by atoms with Crippen molar-refractivity contribution in [3.8, 4) is 0 Å². The van der Waals surface area contributed by atoms with Crippen molar-refractivity contribution in [1.29, 1.82) is 0 Å². The van der Waals surface area contributed by atoms with Gasteiger partial charge in [0.2, 0.25) is 0 Å². The van der Waals surface area contributed by atoms with E-state index in [9.17, 15) is 19.2 Å². The quantitative estimate of drug-likeness (QED) is 0.391. The van der Waals surface area contributed by atoms with Crippen molar-refractivity contribution in [1.82, 2.24) is 0 Å². The molecule has 4 atom stereocenters. The zero-order valence-corrected chi connectivity index (χ0v) is 19.6. The second-order valence-corrected chi connectivity index (χ2v) is 8.76. The van der Waals surface area contributed by atoms with Crippen LogP contribution in [0.3, 0.4) is 0 Å². The van der Waals surface area contributed by atoms with Crippen molar-refractivity contribution >= 4 is 23.9 Å². The number of carbonyl (C=O) groups excluding carboxylic acids is 4. The lowest BCUT2D eigenvalue weighted by atomic mass is 9.98. The molecule has 0 N–H and O–H groups in total. The highest BCUT2D eigenvalue weighted by Crippen LogP contribution is 2.29. The van der Waals surface area contributed by atoms with Gasteiger partial charge in [0.25, 0.3) is 0 Å². The summed E-state index contributed by atoms with van der Waals surface area (Å²) in [6, 6.07) is 0. The van der Waals surface area contributed by atoms with E-state index in [2.05, 4.69) is 0 Å². The van der Waals surface area contributed by atoms with Gasteiger partial charge in [-0.1, -0.05) is 55.4 Å². The normalized spacial score (nSPS) is 23.7.